The van der Waals surface area contributed by atoms with E-state index in [1.807, 2.05) is 31.3 Å². The van der Waals surface area contributed by atoms with Crippen LogP contribution < -0.4 is 20.3 Å². The van der Waals surface area contributed by atoms with E-state index in [0.29, 0.717) is 40.6 Å². The third-order valence-corrected chi connectivity index (χ3v) is 8.87. The summed E-state index contributed by atoms with van der Waals surface area (Å²) in [4.78, 5) is 28.8. The van der Waals surface area contributed by atoms with Crippen LogP contribution in [0.5, 0.6) is 5.75 Å². The molecule has 9 nitrogen and oxygen atoms in total. The molecule has 4 heterocycles. The van der Waals surface area contributed by atoms with Crippen LogP contribution >= 0.6 is 11.6 Å². The van der Waals surface area contributed by atoms with Gasteiger partial charge < -0.3 is 30.1 Å². The maximum absolute atomic E-state index is 12.9. The summed E-state index contributed by atoms with van der Waals surface area (Å²) in [5.41, 5.74) is 4.27. The van der Waals surface area contributed by atoms with Gasteiger partial charge in [-0.05, 0) is 69.0 Å². The lowest BCUT2D eigenvalue weighted by Crippen LogP contribution is -2.46. The molecule has 0 atom stereocenters. The Morgan fingerprint density at radius 3 is 2.56 bits per heavy atom. The second-order valence-corrected chi connectivity index (χ2v) is 11.6. The number of hydrogen-bond donors (Lipinski definition) is 2. The molecule has 3 aliphatic rings. The summed E-state index contributed by atoms with van der Waals surface area (Å²) in [7, 11) is 3.49. The highest BCUT2D eigenvalue weighted by Crippen LogP contribution is 2.35. The van der Waals surface area contributed by atoms with Crippen molar-refractivity contribution < 1.29 is 9.53 Å². The number of fused-ring (bicyclic) bond motifs is 1. The van der Waals surface area contributed by atoms with Gasteiger partial charge in [-0.3, -0.25) is 4.79 Å². The Labute approximate surface area is 246 Å². The average molecular weight is 576 g/mol. The molecule has 0 saturated carbocycles. The van der Waals surface area contributed by atoms with Crippen LogP contribution in [0.3, 0.4) is 0 Å². The highest BCUT2D eigenvalue weighted by molar-refractivity contribution is 6.33. The van der Waals surface area contributed by atoms with E-state index in [0.717, 1.165) is 42.2 Å². The molecule has 2 aromatic carbocycles. The van der Waals surface area contributed by atoms with Gasteiger partial charge in [0.05, 0.1) is 30.2 Å². The van der Waals surface area contributed by atoms with E-state index in [2.05, 4.69) is 42.5 Å². The molecule has 41 heavy (non-hydrogen) atoms. The first kappa shape index (κ1) is 27.6. The number of nitrogens with one attached hydrogen (secondary N) is 2. The lowest BCUT2D eigenvalue weighted by Gasteiger charge is -2.41. The van der Waals surface area contributed by atoms with Crippen LogP contribution in [0.15, 0.2) is 42.6 Å². The van der Waals surface area contributed by atoms with Crippen molar-refractivity contribution in [2.45, 2.75) is 44.6 Å². The Balaban J connectivity index is 1.16. The first-order valence-electron chi connectivity index (χ1n) is 14.6. The number of hydrogen-bond acceptors (Lipinski definition) is 8. The van der Waals surface area contributed by atoms with E-state index in [9.17, 15) is 4.79 Å². The van der Waals surface area contributed by atoms with Crippen molar-refractivity contribution in [3.63, 3.8) is 0 Å². The van der Waals surface area contributed by atoms with Gasteiger partial charge >= 0.3 is 0 Å². The van der Waals surface area contributed by atoms with Gasteiger partial charge in [0.15, 0.2) is 5.82 Å². The minimum Gasteiger partial charge on any atom is -0.494 e. The van der Waals surface area contributed by atoms with Crippen LogP contribution in [-0.4, -0.2) is 78.6 Å². The molecule has 1 amide bonds. The first-order valence-corrected chi connectivity index (χ1v) is 15.0. The van der Waals surface area contributed by atoms with Gasteiger partial charge in [-0.15, -0.1) is 0 Å². The average Bonchev–Trinajstić information content (AvgIpc) is 3.01. The number of benzene rings is 2. The fourth-order valence-electron chi connectivity index (χ4n) is 6.26. The molecule has 1 aromatic heterocycles. The van der Waals surface area contributed by atoms with Crippen molar-refractivity contribution in [3.05, 3.63) is 58.7 Å². The van der Waals surface area contributed by atoms with Gasteiger partial charge in [-0.1, -0.05) is 30.2 Å². The molecule has 2 fully saturated rings. The number of ether oxygens (including phenoxy) is 1. The molecule has 10 heteroatoms. The van der Waals surface area contributed by atoms with Crippen LogP contribution in [0.4, 0.5) is 28.8 Å². The minimum absolute atomic E-state index is 0.0153. The summed E-state index contributed by atoms with van der Waals surface area (Å²) in [6, 6.07) is 12.7. The number of carbonyl (C=O) groups is 1. The van der Waals surface area contributed by atoms with Crippen molar-refractivity contribution in [2.75, 3.05) is 62.4 Å². The van der Waals surface area contributed by atoms with Crippen LogP contribution in [0.25, 0.3) is 0 Å². The lowest BCUT2D eigenvalue weighted by atomic mass is 9.97. The number of piperidine rings is 2. The molecule has 3 aliphatic heterocycles. The fraction of sp³-hybridized carbons (Fsp3) is 0.452. The number of anilines is 5. The van der Waals surface area contributed by atoms with Crippen LogP contribution in [0, 0.1) is 0 Å². The third-order valence-electron chi connectivity index (χ3n) is 8.59. The molecule has 6 rings (SSSR count). The second-order valence-electron chi connectivity index (χ2n) is 11.2. The van der Waals surface area contributed by atoms with Crippen molar-refractivity contribution in [1.29, 1.82) is 0 Å². The van der Waals surface area contributed by atoms with Crippen molar-refractivity contribution in [1.82, 2.24) is 19.8 Å². The summed E-state index contributed by atoms with van der Waals surface area (Å²) in [5, 5.41) is 6.92. The minimum atomic E-state index is -0.0153. The number of amides is 1. The summed E-state index contributed by atoms with van der Waals surface area (Å²) >= 11 is 6.48. The van der Waals surface area contributed by atoms with Gasteiger partial charge in [0.2, 0.25) is 5.95 Å². The van der Waals surface area contributed by atoms with E-state index in [1.54, 1.807) is 18.2 Å². The number of likely N-dealkylation sites (N-methyl/N-ethyl adjacent to an activating group) is 1. The standard InChI is InChI=1S/C31H38ClN7O2/c1-37-16-11-21-7-6-8-26(28(21)30(37)40)34-29-24(32)20-33-31(36-29)35-25-10-9-23(19-27(25)41-2)39-17-12-22(13-18-39)38-14-4-3-5-15-38/h6-10,19-20,22H,3-5,11-18H2,1-2H3,(H2,33,34,35,36). The zero-order chi connectivity index (χ0) is 28.3. The lowest BCUT2D eigenvalue weighted by molar-refractivity contribution is 0.0782. The highest BCUT2D eigenvalue weighted by atomic mass is 35.5. The van der Waals surface area contributed by atoms with Gasteiger partial charge in [0.25, 0.3) is 5.91 Å². The van der Waals surface area contributed by atoms with Gasteiger partial charge in [-0.2, -0.15) is 4.98 Å². The van der Waals surface area contributed by atoms with E-state index < -0.39 is 0 Å². The SMILES string of the molecule is COc1cc(N2CCC(N3CCCCC3)CC2)ccc1Nc1ncc(Cl)c(Nc2cccc3c2C(=O)N(C)CC3)n1. The topological polar surface area (TPSA) is 85.9 Å². The molecule has 0 spiro atoms. The third kappa shape index (κ3) is 5.92. The van der Waals surface area contributed by atoms with Crippen LogP contribution in [0.2, 0.25) is 5.02 Å². The number of methoxy groups -OCH3 is 1. The van der Waals surface area contributed by atoms with Crippen LogP contribution in [-0.2, 0) is 6.42 Å². The molecule has 0 bridgehead atoms. The number of rotatable bonds is 7. The molecule has 216 valence electrons. The molecule has 2 N–H and O–H groups in total. The quantitative estimate of drug-likeness (QED) is 0.371. The summed E-state index contributed by atoms with van der Waals surface area (Å²) < 4.78 is 5.76. The summed E-state index contributed by atoms with van der Waals surface area (Å²) in [5.74, 6) is 1.50. The Kier molecular flexibility index (Phi) is 8.16. The number of halogens is 1. The first-order chi connectivity index (χ1) is 20.0. The van der Waals surface area contributed by atoms with Gasteiger partial charge in [0.1, 0.15) is 10.8 Å². The number of likely N-dealkylation sites (tertiary alicyclic amines) is 1. The van der Waals surface area contributed by atoms with Crippen molar-refractivity contribution in [3.8, 4) is 5.75 Å². The smallest absolute Gasteiger partial charge is 0.255 e. The summed E-state index contributed by atoms with van der Waals surface area (Å²) in [6.07, 6.45) is 8.81. The van der Waals surface area contributed by atoms with E-state index in [-0.39, 0.29) is 5.91 Å². The Morgan fingerprint density at radius 2 is 1.78 bits per heavy atom. The van der Waals surface area contributed by atoms with Gasteiger partial charge in [0, 0.05) is 44.5 Å². The van der Waals surface area contributed by atoms with E-state index in [1.165, 1.54) is 45.2 Å². The zero-order valence-electron chi connectivity index (χ0n) is 23.8. The van der Waals surface area contributed by atoms with E-state index >= 15 is 0 Å². The fourth-order valence-corrected chi connectivity index (χ4v) is 6.40. The Morgan fingerprint density at radius 1 is 0.976 bits per heavy atom. The van der Waals surface area contributed by atoms with E-state index in [4.69, 9.17) is 16.3 Å². The monoisotopic (exact) mass is 575 g/mol. The molecular formula is C31H38ClN7O2. The molecule has 3 aromatic rings. The molecular weight excluding hydrogens is 538 g/mol. The normalized spacial score (nSPS) is 18.3. The molecule has 0 aliphatic carbocycles. The maximum atomic E-state index is 12.9. The van der Waals surface area contributed by atoms with Crippen LogP contribution in [0.1, 0.15) is 48.0 Å². The Bertz CT molecular complexity index is 1400. The Hall–Kier alpha value is -3.56. The van der Waals surface area contributed by atoms with Crippen molar-refractivity contribution >= 4 is 46.3 Å². The highest BCUT2D eigenvalue weighted by Gasteiger charge is 2.27. The summed E-state index contributed by atoms with van der Waals surface area (Å²) in [6.45, 7) is 5.31. The molecule has 2 saturated heterocycles. The predicted octanol–water partition coefficient (Wildman–Crippen LogP) is 5.71. The number of nitrogens with zero attached hydrogens (tertiary/aromatic N) is 5. The van der Waals surface area contributed by atoms with Crippen molar-refractivity contribution in [2.24, 2.45) is 0 Å². The van der Waals surface area contributed by atoms with Gasteiger partial charge in [-0.25, -0.2) is 4.98 Å². The number of carbonyl (C=O) groups excluding carboxylic acids is 1. The number of aromatic nitrogens is 2. The maximum Gasteiger partial charge on any atom is 0.255 e. The largest absolute Gasteiger partial charge is 0.494 e. The molecule has 0 unspecified atom stereocenters. The second kappa shape index (κ2) is 12.1. The molecule has 0 radical (unpaired) electrons. The zero-order valence-corrected chi connectivity index (χ0v) is 24.6. The predicted molar refractivity (Wildman–Crippen MR) is 164 cm³/mol.